The van der Waals surface area contributed by atoms with Gasteiger partial charge in [0.1, 0.15) is 5.82 Å². The van der Waals surface area contributed by atoms with Crippen molar-refractivity contribution >= 4 is 22.9 Å². The van der Waals surface area contributed by atoms with Gasteiger partial charge in [-0.1, -0.05) is 6.07 Å². The molecular formula is C12H10FNOS. The van der Waals surface area contributed by atoms with Crippen molar-refractivity contribution in [1.82, 2.24) is 0 Å². The molecule has 0 unspecified atom stereocenters. The molecule has 1 N–H and O–H groups in total. The lowest BCUT2D eigenvalue weighted by Crippen LogP contribution is -2.12. The van der Waals surface area contributed by atoms with Crippen LogP contribution in [0.25, 0.3) is 0 Å². The number of nitrogens with one attached hydrogen (secondary N) is 1. The van der Waals surface area contributed by atoms with E-state index in [0.29, 0.717) is 5.56 Å². The maximum absolute atomic E-state index is 13.4. The molecule has 1 aromatic carbocycles. The third-order valence-corrected chi connectivity index (χ3v) is 2.84. The van der Waals surface area contributed by atoms with E-state index in [4.69, 9.17) is 0 Å². The normalized spacial score (nSPS) is 10.1. The van der Waals surface area contributed by atoms with Gasteiger partial charge in [-0.3, -0.25) is 4.79 Å². The maximum atomic E-state index is 13.4. The highest BCUT2D eigenvalue weighted by Gasteiger charge is 2.09. The van der Waals surface area contributed by atoms with Crippen LogP contribution in [0.3, 0.4) is 0 Å². The molecule has 1 aromatic heterocycles. The van der Waals surface area contributed by atoms with Gasteiger partial charge >= 0.3 is 0 Å². The summed E-state index contributed by atoms with van der Waals surface area (Å²) in [7, 11) is 0. The standard InChI is InChI=1S/C12H10FNOS/c1-8-2-3-10(13)11(6-8)14-12(15)9-4-5-16-7-9/h2-7H,1H3,(H,14,15). The molecule has 0 bridgehead atoms. The van der Waals surface area contributed by atoms with Crippen LogP contribution in [0, 0.1) is 12.7 Å². The average Bonchev–Trinajstić information content (AvgIpc) is 2.76. The zero-order valence-electron chi connectivity index (χ0n) is 8.66. The molecule has 0 saturated heterocycles. The Bertz CT molecular complexity index is 508. The number of anilines is 1. The van der Waals surface area contributed by atoms with E-state index in [1.165, 1.54) is 17.4 Å². The Morgan fingerprint density at radius 3 is 2.88 bits per heavy atom. The summed E-state index contributed by atoms with van der Waals surface area (Å²) in [6.07, 6.45) is 0. The van der Waals surface area contributed by atoms with E-state index in [-0.39, 0.29) is 11.6 Å². The fourth-order valence-corrected chi connectivity index (χ4v) is 1.96. The molecule has 1 heterocycles. The smallest absolute Gasteiger partial charge is 0.256 e. The maximum Gasteiger partial charge on any atom is 0.256 e. The minimum Gasteiger partial charge on any atom is -0.319 e. The molecule has 4 heteroatoms. The third-order valence-electron chi connectivity index (χ3n) is 2.15. The summed E-state index contributed by atoms with van der Waals surface area (Å²) < 4.78 is 13.4. The van der Waals surface area contributed by atoms with Crippen LogP contribution in [0.15, 0.2) is 35.0 Å². The van der Waals surface area contributed by atoms with E-state index in [0.717, 1.165) is 5.56 Å². The molecule has 2 nitrogen and oxygen atoms in total. The van der Waals surface area contributed by atoms with Gasteiger partial charge in [-0.2, -0.15) is 11.3 Å². The van der Waals surface area contributed by atoms with Crippen LogP contribution in [0.1, 0.15) is 15.9 Å². The Labute approximate surface area is 96.7 Å². The molecule has 16 heavy (non-hydrogen) atoms. The van der Waals surface area contributed by atoms with Gasteiger partial charge in [0.05, 0.1) is 11.3 Å². The van der Waals surface area contributed by atoms with Crippen molar-refractivity contribution in [3.63, 3.8) is 0 Å². The van der Waals surface area contributed by atoms with Crippen LogP contribution in [-0.2, 0) is 0 Å². The van der Waals surface area contributed by atoms with Crippen molar-refractivity contribution in [3.8, 4) is 0 Å². The first-order chi connectivity index (χ1) is 7.66. The van der Waals surface area contributed by atoms with Gasteiger partial charge in [0.25, 0.3) is 5.91 Å². The molecule has 0 radical (unpaired) electrons. The number of carbonyl (C=O) groups excluding carboxylic acids is 1. The zero-order chi connectivity index (χ0) is 11.5. The van der Waals surface area contributed by atoms with Crippen molar-refractivity contribution in [3.05, 3.63) is 52.0 Å². The van der Waals surface area contributed by atoms with Crippen LogP contribution in [0.2, 0.25) is 0 Å². The highest BCUT2D eigenvalue weighted by Crippen LogP contribution is 2.17. The number of carbonyl (C=O) groups is 1. The predicted molar refractivity (Wildman–Crippen MR) is 63.4 cm³/mol. The molecule has 0 fully saturated rings. The second-order valence-electron chi connectivity index (χ2n) is 3.45. The summed E-state index contributed by atoms with van der Waals surface area (Å²) in [5.41, 5.74) is 1.67. The number of halogens is 1. The Kier molecular flexibility index (Phi) is 3.01. The minimum absolute atomic E-state index is 0.219. The van der Waals surface area contributed by atoms with E-state index in [1.54, 1.807) is 23.6 Å². The molecule has 0 atom stereocenters. The summed E-state index contributed by atoms with van der Waals surface area (Å²) in [6, 6.07) is 6.32. The fourth-order valence-electron chi connectivity index (χ4n) is 1.32. The number of thiophene rings is 1. The summed E-state index contributed by atoms with van der Waals surface area (Å²) in [4.78, 5) is 11.7. The number of hydrogen-bond acceptors (Lipinski definition) is 2. The minimum atomic E-state index is -0.422. The Morgan fingerprint density at radius 1 is 1.38 bits per heavy atom. The lowest BCUT2D eigenvalue weighted by molar-refractivity contribution is 0.102. The molecule has 2 aromatic rings. The number of hydrogen-bond donors (Lipinski definition) is 1. The van der Waals surface area contributed by atoms with E-state index >= 15 is 0 Å². The monoisotopic (exact) mass is 235 g/mol. The Morgan fingerprint density at radius 2 is 2.19 bits per heavy atom. The average molecular weight is 235 g/mol. The van der Waals surface area contributed by atoms with Crippen LogP contribution in [0.5, 0.6) is 0 Å². The molecule has 2 rings (SSSR count). The summed E-state index contributed by atoms with van der Waals surface area (Å²) in [6.45, 7) is 1.85. The number of rotatable bonds is 2. The Hall–Kier alpha value is -1.68. The quantitative estimate of drug-likeness (QED) is 0.848. The molecule has 0 aliphatic rings. The highest BCUT2D eigenvalue weighted by molar-refractivity contribution is 7.08. The molecule has 0 spiro atoms. The van der Waals surface area contributed by atoms with Crippen molar-refractivity contribution in [2.75, 3.05) is 5.32 Å². The van der Waals surface area contributed by atoms with Crippen LogP contribution < -0.4 is 5.32 Å². The van der Waals surface area contributed by atoms with Crippen LogP contribution in [0.4, 0.5) is 10.1 Å². The van der Waals surface area contributed by atoms with Gasteiger partial charge in [0.15, 0.2) is 0 Å². The first kappa shape index (κ1) is 10.8. The third kappa shape index (κ3) is 2.28. The van der Waals surface area contributed by atoms with Gasteiger partial charge in [-0.05, 0) is 36.1 Å². The first-order valence-corrected chi connectivity index (χ1v) is 5.71. The Balaban J connectivity index is 2.21. The van der Waals surface area contributed by atoms with Gasteiger partial charge in [-0.25, -0.2) is 4.39 Å². The lowest BCUT2D eigenvalue weighted by Gasteiger charge is -2.05. The van der Waals surface area contributed by atoms with Gasteiger partial charge in [-0.15, -0.1) is 0 Å². The van der Waals surface area contributed by atoms with Crippen molar-refractivity contribution in [1.29, 1.82) is 0 Å². The van der Waals surface area contributed by atoms with Crippen LogP contribution >= 0.6 is 11.3 Å². The van der Waals surface area contributed by atoms with Gasteiger partial charge < -0.3 is 5.32 Å². The molecule has 82 valence electrons. The van der Waals surface area contributed by atoms with E-state index in [1.807, 2.05) is 12.3 Å². The number of amides is 1. The molecule has 1 amide bonds. The van der Waals surface area contributed by atoms with E-state index in [9.17, 15) is 9.18 Å². The second kappa shape index (κ2) is 4.45. The van der Waals surface area contributed by atoms with Crippen molar-refractivity contribution in [2.24, 2.45) is 0 Å². The topological polar surface area (TPSA) is 29.1 Å². The van der Waals surface area contributed by atoms with Gasteiger partial charge in [0, 0.05) is 5.38 Å². The summed E-state index contributed by atoms with van der Waals surface area (Å²) in [5, 5.41) is 6.08. The summed E-state index contributed by atoms with van der Waals surface area (Å²) >= 11 is 1.43. The zero-order valence-corrected chi connectivity index (χ0v) is 9.48. The number of aryl methyl sites for hydroxylation is 1. The second-order valence-corrected chi connectivity index (χ2v) is 4.23. The molecule has 0 saturated carbocycles. The number of benzene rings is 1. The molecule has 0 aliphatic carbocycles. The van der Waals surface area contributed by atoms with Crippen molar-refractivity contribution in [2.45, 2.75) is 6.92 Å². The lowest BCUT2D eigenvalue weighted by atomic mass is 10.2. The largest absolute Gasteiger partial charge is 0.319 e. The fraction of sp³-hybridized carbons (Fsp3) is 0.0833. The highest BCUT2D eigenvalue weighted by atomic mass is 32.1. The van der Waals surface area contributed by atoms with E-state index < -0.39 is 5.82 Å². The summed E-state index contributed by atoms with van der Waals surface area (Å²) in [5.74, 6) is -0.708. The molecular weight excluding hydrogens is 225 g/mol. The first-order valence-electron chi connectivity index (χ1n) is 4.76. The van der Waals surface area contributed by atoms with Crippen molar-refractivity contribution < 1.29 is 9.18 Å². The van der Waals surface area contributed by atoms with E-state index in [2.05, 4.69) is 5.32 Å². The predicted octanol–water partition coefficient (Wildman–Crippen LogP) is 3.45. The van der Waals surface area contributed by atoms with Crippen LogP contribution in [-0.4, -0.2) is 5.91 Å². The molecule has 0 aliphatic heterocycles. The SMILES string of the molecule is Cc1ccc(F)c(NC(=O)c2ccsc2)c1. The van der Waals surface area contributed by atoms with Gasteiger partial charge in [0.2, 0.25) is 0 Å².